The Morgan fingerprint density at radius 2 is 1.74 bits per heavy atom. The molecule has 0 aliphatic carbocycles. The lowest BCUT2D eigenvalue weighted by Crippen LogP contribution is -2.16. The first-order valence-corrected chi connectivity index (χ1v) is 15.1. The number of ether oxygens (including phenoxy) is 3. The zero-order chi connectivity index (χ0) is 32.6. The van der Waals surface area contributed by atoms with Crippen molar-refractivity contribution in [3.63, 3.8) is 0 Å². The highest BCUT2D eigenvalue weighted by molar-refractivity contribution is 9.10. The molecule has 2 aromatic heterocycles. The zero-order valence-corrected chi connectivity index (χ0v) is 26.9. The number of aromatic nitrogens is 1. The molecule has 46 heavy (non-hydrogen) atoms. The molecule has 0 radical (unpaired) electrons. The van der Waals surface area contributed by atoms with Gasteiger partial charge in [-0.3, -0.25) is 14.9 Å². The molecule has 0 unspecified atom stereocenters. The monoisotopic (exact) mass is 686 g/mol. The van der Waals surface area contributed by atoms with Crippen LogP contribution in [0.2, 0.25) is 0 Å². The van der Waals surface area contributed by atoms with Gasteiger partial charge in [0.2, 0.25) is 0 Å². The van der Waals surface area contributed by atoms with Gasteiger partial charge in [0.25, 0.3) is 5.69 Å². The van der Waals surface area contributed by atoms with Crippen molar-refractivity contribution in [2.24, 2.45) is 5.10 Å². The summed E-state index contributed by atoms with van der Waals surface area (Å²) < 4.78 is 25.9. The average Bonchev–Trinajstić information content (AvgIpc) is 3.66. The van der Waals surface area contributed by atoms with E-state index in [-0.39, 0.29) is 24.7 Å². The fourth-order valence-electron chi connectivity index (χ4n) is 4.70. The molecule has 0 aliphatic heterocycles. The fourth-order valence-corrected chi connectivity index (χ4v) is 5.27. The van der Waals surface area contributed by atoms with Gasteiger partial charge in [-0.05, 0) is 108 Å². The van der Waals surface area contributed by atoms with E-state index in [0.717, 1.165) is 17.1 Å². The van der Waals surface area contributed by atoms with Crippen LogP contribution in [-0.4, -0.2) is 28.2 Å². The highest BCUT2D eigenvalue weighted by Crippen LogP contribution is 2.37. The largest absolute Gasteiger partial charge is 0.490 e. The number of hydrazone groups is 1. The summed E-state index contributed by atoms with van der Waals surface area (Å²) >= 11 is 3.50. The van der Waals surface area contributed by atoms with Crippen molar-refractivity contribution in [3.8, 4) is 22.9 Å². The van der Waals surface area contributed by atoms with Crippen LogP contribution in [-0.2, 0) is 13.2 Å². The first kappa shape index (κ1) is 32.0. The van der Waals surface area contributed by atoms with Gasteiger partial charge in [0.05, 0.1) is 22.2 Å². The topological polar surface area (TPSA) is 130 Å². The predicted octanol–water partition coefficient (Wildman–Crippen LogP) is 7.68. The Kier molecular flexibility index (Phi) is 10.2. The third-order valence-corrected chi connectivity index (χ3v) is 7.44. The SMILES string of the molecule is CCOc1cc(/C=N/NC(=O)c2ccc(COc3ccc(-n4c(C)ccc4C)cc3)o2)cc(Br)c1OCc1cccc([N+](=O)[O-])c1. The van der Waals surface area contributed by atoms with E-state index in [0.29, 0.717) is 45.2 Å². The molecule has 0 atom stereocenters. The number of nitro benzene ring substituents is 1. The van der Waals surface area contributed by atoms with Crippen molar-refractivity contribution in [1.82, 2.24) is 9.99 Å². The van der Waals surface area contributed by atoms with E-state index in [2.05, 4.69) is 57.0 Å². The molecule has 0 aliphatic rings. The van der Waals surface area contributed by atoms with Gasteiger partial charge < -0.3 is 23.2 Å². The lowest BCUT2D eigenvalue weighted by molar-refractivity contribution is -0.384. The summed E-state index contributed by atoms with van der Waals surface area (Å²) in [6.45, 7) is 6.59. The Morgan fingerprint density at radius 1 is 0.978 bits per heavy atom. The maximum Gasteiger partial charge on any atom is 0.307 e. The number of nitrogens with zero attached hydrogens (tertiary/aromatic N) is 3. The van der Waals surface area contributed by atoms with Gasteiger partial charge in [0.15, 0.2) is 17.3 Å². The number of furan rings is 1. The minimum atomic E-state index is -0.523. The van der Waals surface area contributed by atoms with Crippen molar-refractivity contribution in [2.45, 2.75) is 34.0 Å². The second-order valence-electron chi connectivity index (χ2n) is 10.2. The third-order valence-electron chi connectivity index (χ3n) is 6.85. The summed E-state index contributed by atoms with van der Waals surface area (Å²) in [5, 5.41) is 15.1. The second-order valence-corrected chi connectivity index (χ2v) is 11.0. The van der Waals surface area contributed by atoms with E-state index in [1.165, 1.54) is 18.3 Å². The lowest BCUT2D eigenvalue weighted by atomic mass is 10.2. The second kappa shape index (κ2) is 14.6. The van der Waals surface area contributed by atoms with E-state index in [4.69, 9.17) is 18.6 Å². The molecule has 11 nitrogen and oxygen atoms in total. The number of hydrogen-bond donors (Lipinski definition) is 1. The van der Waals surface area contributed by atoms with E-state index < -0.39 is 10.8 Å². The number of aryl methyl sites for hydroxylation is 2. The number of rotatable bonds is 13. The molecule has 5 rings (SSSR count). The van der Waals surface area contributed by atoms with Gasteiger partial charge in [-0.25, -0.2) is 5.43 Å². The Bertz CT molecular complexity index is 1860. The number of hydrogen-bond acceptors (Lipinski definition) is 8. The minimum Gasteiger partial charge on any atom is -0.490 e. The molecule has 0 bridgehead atoms. The van der Waals surface area contributed by atoms with Gasteiger partial charge >= 0.3 is 5.91 Å². The maximum atomic E-state index is 12.6. The van der Waals surface area contributed by atoms with Gasteiger partial charge in [-0.1, -0.05) is 12.1 Å². The van der Waals surface area contributed by atoms with Crippen LogP contribution in [0.4, 0.5) is 5.69 Å². The number of carbonyl (C=O) groups excluding carboxylic acids is 1. The number of nitro groups is 1. The quantitative estimate of drug-likeness (QED) is 0.0764. The van der Waals surface area contributed by atoms with Crippen LogP contribution in [0.5, 0.6) is 17.2 Å². The molecular formula is C34H31BrN4O7. The molecule has 0 saturated heterocycles. The fraction of sp³-hybridized carbons (Fsp3) is 0.176. The first-order valence-electron chi connectivity index (χ1n) is 14.3. The first-order chi connectivity index (χ1) is 22.2. The Hall–Kier alpha value is -5.36. The lowest BCUT2D eigenvalue weighted by Gasteiger charge is -2.14. The maximum absolute atomic E-state index is 12.6. The summed E-state index contributed by atoms with van der Waals surface area (Å²) in [7, 11) is 0. The van der Waals surface area contributed by atoms with E-state index >= 15 is 0 Å². The molecule has 0 spiro atoms. The molecule has 2 heterocycles. The molecule has 1 N–H and O–H groups in total. The average molecular weight is 688 g/mol. The summed E-state index contributed by atoms with van der Waals surface area (Å²) in [5.41, 5.74) is 7.06. The smallest absolute Gasteiger partial charge is 0.307 e. The Balaban J connectivity index is 1.16. The van der Waals surface area contributed by atoms with Gasteiger partial charge in [-0.15, -0.1) is 0 Å². The van der Waals surface area contributed by atoms with Crippen LogP contribution in [0, 0.1) is 24.0 Å². The number of nitrogens with one attached hydrogen (secondary N) is 1. The molecule has 12 heteroatoms. The Labute approximate surface area is 273 Å². The van der Waals surface area contributed by atoms with Crippen LogP contribution >= 0.6 is 15.9 Å². The number of benzene rings is 3. The number of amides is 1. The van der Waals surface area contributed by atoms with E-state index in [1.807, 2.05) is 31.2 Å². The highest BCUT2D eigenvalue weighted by atomic mass is 79.9. The van der Waals surface area contributed by atoms with Crippen LogP contribution in [0.3, 0.4) is 0 Å². The third kappa shape index (κ3) is 7.83. The van der Waals surface area contributed by atoms with E-state index in [1.54, 1.807) is 36.4 Å². The number of halogens is 1. The number of carbonyl (C=O) groups is 1. The molecule has 1 amide bonds. The number of non-ortho nitro benzene ring substituents is 1. The molecule has 3 aromatic carbocycles. The van der Waals surface area contributed by atoms with Gasteiger partial charge in [0, 0.05) is 29.2 Å². The molecule has 0 saturated carbocycles. The summed E-state index contributed by atoms with van der Waals surface area (Å²) in [6.07, 6.45) is 1.46. The van der Waals surface area contributed by atoms with Crippen molar-refractivity contribution in [2.75, 3.05) is 6.61 Å². The van der Waals surface area contributed by atoms with Crippen LogP contribution in [0.1, 0.15) is 45.8 Å². The van der Waals surface area contributed by atoms with E-state index in [9.17, 15) is 14.9 Å². The Morgan fingerprint density at radius 3 is 2.46 bits per heavy atom. The predicted molar refractivity (Wildman–Crippen MR) is 176 cm³/mol. The van der Waals surface area contributed by atoms with Gasteiger partial charge in [0.1, 0.15) is 24.7 Å². The van der Waals surface area contributed by atoms with Crippen LogP contribution < -0.4 is 19.6 Å². The molecule has 236 valence electrons. The molecular weight excluding hydrogens is 656 g/mol. The summed E-state index contributed by atoms with van der Waals surface area (Å²) in [4.78, 5) is 23.3. The zero-order valence-electron chi connectivity index (χ0n) is 25.4. The van der Waals surface area contributed by atoms with Crippen molar-refractivity contribution >= 4 is 33.7 Å². The van der Waals surface area contributed by atoms with Crippen LogP contribution in [0.15, 0.2) is 98.9 Å². The summed E-state index contributed by atoms with van der Waals surface area (Å²) in [5.74, 6) is 1.60. The highest BCUT2D eigenvalue weighted by Gasteiger charge is 2.15. The van der Waals surface area contributed by atoms with Gasteiger partial charge in [-0.2, -0.15) is 5.10 Å². The summed E-state index contributed by atoms with van der Waals surface area (Å²) in [6, 6.07) is 24.8. The van der Waals surface area contributed by atoms with Crippen LogP contribution in [0.25, 0.3) is 5.69 Å². The van der Waals surface area contributed by atoms with Crippen molar-refractivity contribution in [3.05, 3.63) is 134 Å². The van der Waals surface area contributed by atoms with Crippen molar-refractivity contribution in [1.29, 1.82) is 0 Å². The minimum absolute atomic E-state index is 0.0159. The molecule has 0 fully saturated rings. The normalized spacial score (nSPS) is 11.0. The molecule has 5 aromatic rings. The standard InChI is InChI=1S/C34H31BrN4O7/c1-4-43-32-18-25(17-30(35)33(32)45-20-24-6-5-7-27(16-24)39(41)42)19-36-37-34(40)31-15-14-29(46-31)21-44-28-12-10-26(11-13-28)38-22(2)8-9-23(38)3/h5-19H,4,20-21H2,1-3H3,(H,37,40)/b36-19+. The van der Waals surface area contributed by atoms with Crippen molar-refractivity contribution < 1.29 is 28.3 Å².